The van der Waals surface area contributed by atoms with Crippen LogP contribution in [-0.4, -0.2) is 19.7 Å². The SMILES string of the molecule is O=CS(=O)(=O)C=O.[H-].[Na+]. The van der Waals surface area contributed by atoms with Gasteiger partial charge in [-0.15, -0.1) is 0 Å². The quantitative estimate of drug-likeness (QED) is 0.293. The molecule has 0 aliphatic carbocycles. The van der Waals surface area contributed by atoms with E-state index in [-0.39, 0.29) is 31.0 Å². The summed E-state index contributed by atoms with van der Waals surface area (Å²) in [6.07, 6.45) is 0. The van der Waals surface area contributed by atoms with E-state index < -0.39 is 21.1 Å². The molecule has 42 valence electrons. The van der Waals surface area contributed by atoms with Crippen molar-refractivity contribution in [1.82, 2.24) is 0 Å². The van der Waals surface area contributed by atoms with E-state index in [1.165, 1.54) is 0 Å². The Balaban J connectivity index is -0.000000180. The molecule has 0 aromatic rings. The molecular formula is C2H3NaO4S. The number of rotatable bonds is 2. The first-order valence-electron chi connectivity index (χ1n) is 1.28. The molecule has 0 aliphatic heterocycles. The van der Waals surface area contributed by atoms with Crippen molar-refractivity contribution in [2.75, 3.05) is 0 Å². The third kappa shape index (κ3) is 4.45. The molecule has 8 heavy (non-hydrogen) atoms. The molecule has 6 heteroatoms. The number of hydrogen-bond acceptors (Lipinski definition) is 4. The number of carbonyl (C=O) groups excluding carboxylic acids is 2. The molecule has 0 N–H and O–H groups in total. The van der Waals surface area contributed by atoms with Gasteiger partial charge in [0.25, 0.3) is 9.84 Å². The van der Waals surface area contributed by atoms with E-state index >= 15 is 0 Å². The van der Waals surface area contributed by atoms with Gasteiger partial charge in [0.1, 0.15) is 0 Å². The van der Waals surface area contributed by atoms with E-state index in [4.69, 9.17) is 0 Å². The summed E-state index contributed by atoms with van der Waals surface area (Å²) in [5, 5.41) is 0. The third-order valence-electron chi connectivity index (χ3n) is 0.268. The van der Waals surface area contributed by atoms with Gasteiger partial charge in [-0.05, 0) is 0 Å². The molecule has 0 aromatic heterocycles. The molecule has 0 saturated carbocycles. The van der Waals surface area contributed by atoms with Gasteiger partial charge in [-0.2, -0.15) is 0 Å². The molecule has 0 fully saturated rings. The summed E-state index contributed by atoms with van der Waals surface area (Å²) in [6, 6.07) is 0. The average molecular weight is 146 g/mol. The van der Waals surface area contributed by atoms with Crippen molar-refractivity contribution in [3.8, 4) is 0 Å². The maximum Gasteiger partial charge on any atom is 1.00 e. The van der Waals surface area contributed by atoms with Gasteiger partial charge in [0, 0.05) is 0 Å². The van der Waals surface area contributed by atoms with E-state index in [0.29, 0.717) is 0 Å². The van der Waals surface area contributed by atoms with Crippen molar-refractivity contribution < 1.29 is 49.0 Å². The maximum atomic E-state index is 9.63. The van der Waals surface area contributed by atoms with Gasteiger partial charge in [0.2, 0.25) is 11.2 Å². The molecule has 0 atom stereocenters. The van der Waals surface area contributed by atoms with Crippen molar-refractivity contribution in [2.45, 2.75) is 0 Å². The Morgan fingerprint density at radius 1 is 1.12 bits per heavy atom. The molecule has 0 aromatic carbocycles. The first-order chi connectivity index (χ1) is 3.12. The number of sulfone groups is 1. The smallest absolute Gasteiger partial charge is 1.00 e. The zero-order valence-corrected chi connectivity index (χ0v) is 7.01. The monoisotopic (exact) mass is 146 g/mol. The second-order valence-electron chi connectivity index (χ2n) is 0.781. The minimum atomic E-state index is -4.02. The Hall–Kier alpha value is 0.290. The van der Waals surface area contributed by atoms with Gasteiger partial charge in [-0.1, -0.05) is 0 Å². The molecule has 0 unspecified atom stereocenters. The molecular weight excluding hydrogens is 143 g/mol. The molecule has 4 nitrogen and oxygen atoms in total. The van der Waals surface area contributed by atoms with Crippen LogP contribution in [0.25, 0.3) is 0 Å². The van der Waals surface area contributed by atoms with Crippen LogP contribution in [-0.2, 0) is 19.4 Å². The fraction of sp³-hybridized carbons (Fsp3) is 0. The Morgan fingerprint density at radius 3 is 1.38 bits per heavy atom. The molecule has 0 saturated heterocycles. The third-order valence-corrected chi connectivity index (χ3v) is 0.805. The van der Waals surface area contributed by atoms with Gasteiger partial charge >= 0.3 is 29.6 Å². The van der Waals surface area contributed by atoms with Crippen molar-refractivity contribution in [1.29, 1.82) is 0 Å². The summed E-state index contributed by atoms with van der Waals surface area (Å²) in [5.41, 5.74) is -0.806. The van der Waals surface area contributed by atoms with Crippen LogP contribution in [0.4, 0.5) is 0 Å². The Labute approximate surface area is 70.0 Å². The van der Waals surface area contributed by atoms with Gasteiger partial charge in [-0.3, -0.25) is 9.59 Å². The fourth-order valence-corrected chi connectivity index (χ4v) is 0.0680. The van der Waals surface area contributed by atoms with Crippen molar-refractivity contribution >= 4 is 21.1 Å². The standard InChI is InChI=1S/C2H2O4S.Na.H/c3-1-7(5,6)2-4;;/h1-2H;;/q;+1;-1. The minimum absolute atomic E-state index is 0. The zero-order valence-electron chi connectivity index (χ0n) is 5.20. The van der Waals surface area contributed by atoms with Crippen LogP contribution in [0.1, 0.15) is 1.43 Å². The largest absolute Gasteiger partial charge is 1.00 e. The summed E-state index contributed by atoms with van der Waals surface area (Å²) in [5.74, 6) is 0. The number of hydrogen-bond donors (Lipinski definition) is 0. The van der Waals surface area contributed by atoms with Crippen LogP contribution >= 0.6 is 0 Å². The predicted octanol–water partition coefficient (Wildman–Crippen LogP) is -4.10. The summed E-state index contributed by atoms with van der Waals surface area (Å²) in [7, 11) is -4.02. The Bertz CT molecular complexity index is 159. The van der Waals surface area contributed by atoms with E-state index in [1.807, 2.05) is 0 Å². The normalized spacial score (nSPS) is 9.00. The van der Waals surface area contributed by atoms with Gasteiger partial charge < -0.3 is 1.43 Å². The van der Waals surface area contributed by atoms with E-state index in [1.54, 1.807) is 0 Å². The zero-order chi connectivity index (χ0) is 5.91. The summed E-state index contributed by atoms with van der Waals surface area (Å²) in [4.78, 5) is 18.5. The molecule has 0 spiro atoms. The van der Waals surface area contributed by atoms with Crippen LogP contribution in [0, 0.1) is 0 Å². The molecule has 0 heterocycles. The van der Waals surface area contributed by atoms with Gasteiger partial charge in [0.15, 0.2) is 0 Å². The molecule has 0 rings (SSSR count). The Morgan fingerprint density at radius 2 is 1.38 bits per heavy atom. The van der Waals surface area contributed by atoms with Crippen LogP contribution in [0.15, 0.2) is 0 Å². The predicted molar refractivity (Wildman–Crippen MR) is 23.5 cm³/mol. The van der Waals surface area contributed by atoms with Crippen LogP contribution in [0.3, 0.4) is 0 Å². The van der Waals surface area contributed by atoms with Gasteiger partial charge in [0.05, 0.1) is 0 Å². The first-order valence-corrected chi connectivity index (χ1v) is 2.89. The maximum absolute atomic E-state index is 9.63. The van der Waals surface area contributed by atoms with E-state index in [9.17, 15) is 18.0 Å². The molecule has 0 radical (unpaired) electrons. The van der Waals surface area contributed by atoms with Crippen LogP contribution in [0.2, 0.25) is 0 Å². The van der Waals surface area contributed by atoms with Crippen molar-refractivity contribution in [3.63, 3.8) is 0 Å². The fourth-order valence-electron chi connectivity index (χ4n) is 0.0227. The van der Waals surface area contributed by atoms with E-state index in [2.05, 4.69) is 0 Å². The van der Waals surface area contributed by atoms with Crippen molar-refractivity contribution in [3.05, 3.63) is 0 Å². The first kappa shape index (κ1) is 11.1. The van der Waals surface area contributed by atoms with Crippen molar-refractivity contribution in [2.24, 2.45) is 0 Å². The summed E-state index contributed by atoms with van der Waals surface area (Å²) < 4.78 is 19.3. The van der Waals surface area contributed by atoms with Crippen LogP contribution < -0.4 is 29.6 Å². The molecule has 0 amide bonds. The number of carbonyl (C=O) groups is 2. The van der Waals surface area contributed by atoms with Crippen LogP contribution in [0.5, 0.6) is 0 Å². The second kappa shape index (κ2) is 4.20. The minimum Gasteiger partial charge on any atom is -1.00 e. The topological polar surface area (TPSA) is 68.3 Å². The molecule has 0 aliphatic rings. The summed E-state index contributed by atoms with van der Waals surface area (Å²) >= 11 is 0. The second-order valence-corrected chi connectivity index (χ2v) is 2.34. The average Bonchev–Trinajstić information content (AvgIpc) is 1.68. The van der Waals surface area contributed by atoms with E-state index in [0.717, 1.165) is 0 Å². The summed E-state index contributed by atoms with van der Waals surface area (Å²) in [6.45, 7) is 0. The molecule has 0 bridgehead atoms. The van der Waals surface area contributed by atoms with Gasteiger partial charge in [-0.25, -0.2) is 8.42 Å². The Kier molecular flexibility index (Phi) is 5.84.